The predicted molar refractivity (Wildman–Crippen MR) is 71.2 cm³/mol. The fourth-order valence-electron chi connectivity index (χ4n) is 1.29. The Balaban J connectivity index is 0.00000256. The van der Waals surface area contributed by atoms with Gasteiger partial charge in [0.15, 0.2) is 0 Å². The average Bonchev–Trinajstić information content (AvgIpc) is 2.30. The predicted octanol–water partition coefficient (Wildman–Crippen LogP) is 2.32. The molecule has 1 rings (SSSR count). The van der Waals surface area contributed by atoms with E-state index in [0.29, 0.717) is 18.8 Å². The second-order valence-electron chi connectivity index (χ2n) is 3.36. The standard InChI is InChI=1S/C13H17NO2.ClH/c1-3-16-13(15)11(2)14-10-9-12-7-5-4-6-8-12;/h4-8,14H,2-3,9-10H2,1H3;1H. The first-order valence-electron chi connectivity index (χ1n) is 5.38. The van der Waals surface area contributed by atoms with Crippen LogP contribution >= 0.6 is 12.4 Å². The molecule has 0 aliphatic rings. The summed E-state index contributed by atoms with van der Waals surface area (Å²) in [6.45, 7) is 6.45. The van der Waals surface area contributed by atoms with Crippen molar-refractivity contribution in [2.75, 3.05) is 13.2 Å². The first-order valence-corrected chi connectivity index (χ1v) is 5.38. The molecule has 0 saturated carbocycles. The maximum absolute atomic E-state index is 11.2. The van der Waals surface area contributed by atoms with Crippen molar-refractivity contribution in [1.29, 1.82) is 0 Å². The van der Waals surface area contributed by atoms with Crippen LogP contribution in [0.3, 0.4) is 0 Å². The van der Waals surface area contributed by atoms with Gasteiger partial charge < -0.3 is 10.1 Å². The van der Waals surface area contributed by atoms with E-state index in [0.717, 1.165) is 6.42 Å². The Morgan fingerprint density at radius 1 is 1.35 bits per heavy atom. The summed E-state index contributed by atoms with van der Waals surface area (Å²) in [4.78, 5) is 11.2. The normalized spacial score (nSPS) is 9.00. The highest BCUT2D eigenvalue weighted by atomic mass is 35.5. The largest absolute Gasteiger partial charge is 0.461 e. The zero-order valence-corrected chi connectivity index (χ0v) is 10.8. The SMILES string of the molecule is C=C(NCCc1ccccc1)C(=O)OCC.Cl. The third kappa shape index (κ3) is 5.97. The summed E-state index contributed by atoms with van der Waals surface area (Å²) in [5.41, 5.74) is 1.55. The Labute approximate surface area is 108 Å². The summed E-state index contributed by atoms with van der Waals surface area (Å²) in [5.74, 6) is -0.379. The second-order valence-corrected chi connectivity index (χ2v) is 3.36. The first kappa shape index (κ1) is 15.5. The van der Waals surface area contributed by atoms with E-state index >= 15 is 0 Å². The number of hydrogen-bond acceptors (Lipinski definition) is 3. The van der Waals surface area contributed by atoms with Crippen molar-refractivity contribution in [1.82, 2.24) is 5.32 Å². The average molecular weight is 256 g/mol. The summed E-state index contributed by atoms with van der Waals surface area (Å²) >= 11 is 0. The number of esters is 1. The van der Waals surface area contributed by atoms with Crippen molar-refractivity contribution < 1.29 is 9.53 Å². The summed E-state index contributed by atoms with van der Waals surface area (Å²) in [6.07, 6.45) is 0.860. The molecule has 0 amide bonds. The fraction of sp³-hybridized carbons (Fsp3) is 0.308. The van der Waals surface area contributed by atoms with Gasteiger partial charge in [0, 0.05) is 6.54 Å². The molecule has 0 atom stereocenters. The zero-order valence-electron chi connectivity index (χ0n) is 9.94. The van der Waals surface area contributed by atoms with Gasteiger partial charge in [-0.05, 0) is 18.9 Å². The quantitative estimate of drug-likeness (QED) is 0.626. The number of nitrogens with one attached hydrogen (secondary N) is 1. The lowest BCUT2D eigenvalue weighted by Gasteiger charge is -2.08. The van der Waals surface area contributed by atoms with Gasteiger partial charge in [0.1, 0.15) is 5.70 Å². The number of carbonyl (C=O) groups excluding carboxylic acids is 1. The molecule has 0 heterocycles. The van der Waals surface area contributed by atoms with Gasteiger partial charge >= 0.3 is 5.97 Å². The maximum atomic E-state index is 11.2. The van der Waals surface area contributed by atoms with E-state index in [1.54, 1.807) is 6.92 Å². The maximum Gasteiger partial charge on any atom is 0.353 e. The van der Waals surface area contributed by atoms with E-state index in [2.05, 4.69) is 24.0 Å². The van der Waals surface area contributed by atoms with Gasteiger partial charge in [-0.15, -0.1) is 12.4 Å². The van der Waals surface area contributed by atoms with Crippen molar-refractivity contribution in [3.63, 3.8) is 0 Å². The van der Waals surface area contributed by atoms with Gasteiger partial charge in [-0.1, -0.05) is 36.9 Å². The van der Waals surface area contributed by atoms with Gasteiger partial charge in [-0.2, -0.15) is 0 Å². The Bertz CT molecular complexity index is 352. The molecule has 3 nitrogen and oxygen atoms in total. The van der Waals surface area contributed by atoms with E-state index < -0.39 is 0 Å². The third-order valence-electron chi connectivity index (χ3n) is 2.12. The number of halogens is 1. The van der Waals surface area contributed by atoms with Crippen LogP contribution in [0.25, 0.3) is 0 Å². The van der Waals surface area contributed by atoms with Crippen molar-refractivity contribution in [2.45, 2.75) is 13.3 Å². The van der Waals surface area contributed by atoms with Crippen LogP contribution in [0.4, 0.5) is 0 Å². The molecule has 1 aromatic rings. The molecule has 4 heteroatoms. The second kappa shape index (κ2) is 8.65. The summed E-state index contributed by atoms with van der Waals surface area (Å²) in [5, 5.41) is 2.95. The van der Waals surface area contributed by atoms with E-state index in [4.69, 9.17) is 4.74 Å². The molecule has 0 bridgehead atoms. The molecule has 0 aliphatic heterocycles. The van der Waals surface area contributed by atoms with Crippen molar-refractivity contribution in [2.24, 2.45) is 0 Å². The van der Waals surface area contributed by atoms with Gasteiger partial charge in [0.25, 0.3) is 0 Å². The van der Waals surface area contributed by atoms with Crippen molar-refractivity contribution in [3.05, 3.63) is 48.2 Å². The summed E-state index contributed by atoms with van der Waals surface area (Å²) in [6, 6.07) is 10.1. The number of rotatable bonds is 6. The topological polar surface area (TPSA) is 38.3 Å². The number of hydrogen-bond donors (Lipinski definition) is 1. The third-order valence-corrected chi connectivity index (χ3v) is 2.12. The van der Waals surface area contributed by atoms with Gasteiger partial charge in [0.05, 0.1) is 6.61 Å². The molecule has 17 heavy (non-hydrogen) atoms. The lowest BCUT2D eigenvalue weighted by Crippen LogP contribution is -2.23. The molecule has 0 unspecified atom stereocenters. The Morgan fingerprint density at radius 3 is 2.59 bits per heavy atom. The molecule has 0 saturated heterocycles. The van der Waals surface area contributed by atoms with Crippen LogP contribution in [0, 0.1) is 0 Å². The highest BCUT2D eigenvalue weighted by Gasteiger charge is 2.05. The molecule has 0 radical (unpaired) electrons. The minimum atomic E-state index is -0.379. The Morgan fingerprint density at radius 2 is 2.00 bits per heavy atom. The van der Waals surface area contributed by atoms with E-state index in [9.17, 15) is 4.79 Å². The lowest BCUT2D eigenvalue weighted by molar-refractivity contribution is -0.138. The zero-order chi connectivity index (χ0) is 11.8. The van der Waals surface area contributed by atoms with E-state index in [1.807, 2.05) is 18.2 Å². The molecule has 0 aromatic heterocycles. The number of benzene rings is 1. The number of ether oxygens (including phenoxy) is 1. The molecular formula is C13H18ClNO2. The van der Waals surface area contributed by atoms with Crippen LogP contribution in [0.5, 0.6) is 0 Å². The van der Waals surface area contributed by atoms with Crippen molar-refractivity contribution in [3.8, 4) is 0 Å². The Hall–Kier alpha value is -1.48. The van der Waals surface area contributed by atoms with Crippen molar-refractivity contribution >= 4 is 18.4 Å². The van der Waals surface area contributed by atoms with Crippen LogP contribution < -0.4 is 5.32 Å². The van der Waals surface area contributed by atoms with E-state index in [-0.39, 0.29) is 18.4 Å². The summed E-state index contributed by atoms with van der Waals surface area (Å²) < 4.78 is 4.81. The smallest absolute Gasteiger partial charge is 0.353 e. The molecule has 0 fully saturated rings. The van der Waals surface area contributed by atoms with Crippen LogP contribution in [0.15, 0.2) is 42.6 Å². The minimum Gasteiger partial charge on any atom is -0.461 e. The van der Waals surface area contributed by atoms with Gasteiger partial charge in [0.2, 0.25) is 0 Å². The molecule has 1 N–H and O–H groups in total. The van der Waals surface area contributed by atoms with Crippen LogP contribution in [0.1, 0.15) is 12.5 Å². The van der Waals surface area contributed by atoms with Crippen LogP contribution in [-0.4, -0.2) is 19.1 Å². The Kier molecular flexibility index (Phi) is 7.89. The molecule has 0 aliphatic carbocycles. The lowest BCUT2D eigenvalue weighted by atomic mass is 10.1. The molecular weight excluding hydrogens is 238 g/mol. The monoisotopic (exact) mass is 255 g/mol. The van der Waals surface area contributed by atoms with Gasteiger partial charge in [-0.25, -0.2) is 4.79 Å². The number of carbonyl (C=O) groups is 1. The van der Waals surface area contributed by atoms with E-state index in [1.165, 1.54) is 5.56 Å². The first-order chi connectivity index (χ1) is 7.74. The molecule has 0 spiro atoms. The highest BCUT2D eigenvalue weighted by Crippen LogP contribution is 1.99. The fourth-order valence-corrected chi connectivity index (χ4v) is 1.29. The highest BCUT2D eigenvalue weighted by molar-refractivity contribution is 5.86. The molecule has 1 aromatic carbocycles. The minimum absolute atomic E-state index is 0. The summed E-state index contributed by atoms with van der Waals surface area (Å²) in [7, 11) is 0. The van der Waals surface area contributed by atoms with Crippen LogP contribution in [0.2, 0.25) is 0 Å². The van der Waals surface area contributed by atoms with Gasteiger partial charge in [-0.3, -0.25) is 0 Å². The van der Waals surface area contributed by atoms with Crippen LogP contribution in [-0.2, 0) is 16.0 Å². The molecule has 94 valence electrons.